The average molecular weight is 267 g/mol. The summed E-state index contributed by atoms with van der Waals surface area (Å²) in [6.07, 6.45) is 6.32. The fraction of sp³-hybridized carbons (Fsp3) is 0.438. The molecule has 1 aliphatic carbocycles. The normalized spacial score (nSPS) is 28.2. The number of H-pyrrole nitrogens is 1. The number of benzene rings is 1. The van der Waals surface area contributed by atoms with Gasteiger partial charge in [0.1, 0.15) is 0 Å². The van der Waals surface area contributed by atoms with Gasteiger partial charge in [-0.05, 0) is 30.0 Å². The van der Waals surface area contributed by atoms with Gasteiger partial charge < -0.3 is 15.0 Å². The van der Waals surface area contributed by atoms with Crippen LogP contribution in [0.5, 0.6) is 0 Å². The van der Waals surface area contributed by atoms with E-state index in [1.54, 1.807) is 0 Å². The number of nitrogens with one attached hydrogen (secondary N) is 1. The van der Waals surface area contributed by atoms with E-state index in [2.05, 4.69) is 35.6 Å². The molecule has 1 saturated heterocycles. The number of rotatable bonds is 1. The maximum absolute atomic E-state index is 9.50. The van der Waals surface area contributed by atoms with Crippen molar-refractivity contribution in [3.63, 3.8) is 0 Å². The molecule has 20 heavy (non-hydrogen) atoms. The van der Waals surface area contributed by atoms with Gasteiger partial charge in [0.05, 0.1) is 6.04 Å². The van der Waals surface area contributed by atoms with Crippen molar-refractivity contribution in [3.05, 3.63) is 35.5 Å². The molecule has 1 aromatic carbocycles. The summed E-state index contributed by atoms with van der Waals surface area (Å²) >= 11 is 0. The molecule has 2 aromatic rings. The summed E-state index contributed by atoms with van der Waals surface area (Å²) in [5.74, 6) is 0.555. The van der Waals surface area contributed by atoms with Gasteiger partial charge in [0.25, 0.3) is 0 Å². The largest absolute Gasteiger partial charge is 0.396 e. The molecule has 0 spiro atoms. The van der Waals surface area contributed by atoms with Crippen molar-refractivity contribution < 1.29 is 5.11 Å². The third-order valence-corrected chi connectivity index (χ3v) is 4.94. The molecule has 3 atom stereocenters. The molecule has 2 N–H and O–H groups in total. The Balaban J connectivity index is 1.86. The Kier molecular flexibility index (Phi) is 2.51. The highest BCUT2D eigenvalue weighted by Gasteiger charge is 2.40. The maximum Gasteiger partial charge on any atom is 0.179 e. The number of aromatic nitrogens is 1. The number of aliphatic hydroxyl groups is 1. The molecule has 1 aromatic heterocycles. The molecule has 0 radical (unpaired) electrons. The van der Waals surface area contributed by atoms with E-state index in [4.69, 9.17) is 0 Å². The predicted octanol–water partition coefficient (Wildman–Crippen LogP) is 1.97. The van der Waals surface area contributed by atoms with Gasteiger partial charge in [-0.25, -0.2) is 0 Å². The molecule has 2 heterocycles. The number of fused-ring (bicyclic) bond motifs is 2. The van der Waals surface area contributed by atoms with Crippen LogP contribution < -0.4 is 0 Å². The standard InChI is InChI=1S/C16H17N3O/c17-9-19-7-10(8-20)4-13-12-2-1-3-14-16(12)11(6-18-14)5-15(13)19/h1-3,6,10,13,15,18,20H,4-5,7-8H2/t10?,13-,15-/m0/s1. The van der Waals surface area contributed by atoms with Gasteiger partial charge in [-0.1, -0.05) is 12.1 Å². The van der Waals surface area contributed by atoms with Crippen LogP contribution in [0.2, 0.25) is 0 Å². The van der Waals surface area contributed by atoms with Gasteiger partial charge in [-0.2, -0.15) is 5.26 Å². The van der Waals surface area contributed by atoms with Crippen LogP contribution in [0.15, 0.2) is 24.4 Å². The van der Waals surface area contributed by atoms with E-state index in [-0.39, 0.29) is 18.6 Å². The monoisotopic (exact) mass is 267 g/mol. The van der Waals surface area contributed by atoms with Crippen LogP contribution in [-0.2, 0) is 6.42 Å². The van der Waals surface area contributed by atoms with Crippen molar-refractivity contribution >= 4 is 10.9 Å². The Morgan fingerprint density at radius 2 is 2.35 bits per heavy atom. The molecule has 0 saturated carbocycles. The highest BCUT2D eigenvalue weighted by molar-refractivity contribution is 5.88. The van der Waals surface area contributed by atoms with Crippen molar-refractivity contribution in [2.24, 2.45) is 5.92 Å². The summed E-state index contributed by atoms with van der Waals surface area (Å²) in [7, 11) is 0. The molecular formula is C16H17N3O. The zero-order valence-corrected chi connectivity index (χ0v) is 11.2. The fourth-order valence-electron chi connectivity index (χ4n) is 4.04. The Bertz CT molecular complexity index is 699. The Morgan fingerprint density at radius 1 is 1.45 bits per heavy atom. The Morgan fingerprint density at radius 3 is 3.15 bits per heavy atom. The summed E-state index contributed by atoms with van der Waals surface area (Å²) in [6.45, 7) is 0.848. The number of nitriles is 1. The second kappa shape index (κ2) is 4.26. The summed E-state index contributed by atoms with van der Waals surface area (Å²) in [5.41, 5.74) is 3.85. The van der Waals surface area contributed by atoms with Crippen LogP contribution in [0, 0.1) is 17.4 Å². The summed E-state index contributed by atoms with van der Waals surface area (Å²) < 4.78 is 0. The fourth-order valence-corrected chi connectivity index (χ4v) is 4.04. The van der Waals surface area contributed by atoms with E-state index in [1.165, 1.54) is 22.0 Å². The first kappa shape index (κ1) is 11.8. The van der Waals surface area contributed by atoms with Crippen molar-refractivity contribution in [2.75, 3.05) is 13.2 Å². The summed E-state index contributed by atoms with van der Waals surface area (Å²) in [6, 6.07) is 6.62. The van der Waals surface area contributed by atoms with Crippen LogP contribution >= 0.6 is 0 Å². The lowest BCUT2D eigenvalue weighted by atomic mass is 9.72. The minimum absolute atomic E-state index is 0.164. The lowest BCUT2D eigenvalue weighted by Gasteiger charge is -2.44. The third-order valence-electron chi connectivity index (χ3n) is 4.94. The summed E-state index contributed by atoms with van der Waals surface area (Å²) in [5, 5.41) is 20.3. The third kappa shape index (κ3) is 1.50. The number of aliphatic hydroxyl groups excluding tert-OH is 1. The lowest BCUT2D eigenvalue weighted by molar-refractivity contribution is 0.0976. The first-order valence-electron chi connectivity index (χ1n) is 7.18. The van der Waals surface area contributed by atoms with E-state index >= 15 is 0 Å². The van der Waals surface area contributed by atoms with Crippen LogP contribution in [0.3, 0.4) is 0 Å². The SMILES string of the molecule is N#CN1CC(CO)C[C@H]2c3cccc4[nH]cc(c34)C[C@@H]21. The topological polar surface area (TPSA) is 63.1 Å². The van der Waals surface area contributed by atoms with Gasteiger partial charge in [0.2, 0.25) is 0 Å². The molecule has 0 bridgehead atoms. The number of hydrogen-bond acceptors (Lipinski definition) is 3. The second-order valence-electron chi connectivity index (χ2n) is 6.00. The predicted molar refractivity (Wildman–Crippen MR) is 76.0 cm³/mol. The number of hydrogen-bond donors (Lipinski definition) is 2. The van der Waals surface area contributed by atoms with Gasteiger partial charge in [-0.3, -0.25) is 0 Å². The van der Waals surface area contributed by atoms with Crippen LogP contribution in [-0.4, -0.2) is 34.2 Å². The molecule has 4 rings (SSSR count). The number of likely N-dealkylation sites (tertiary alicyclic amines) is 1. The second-order valence-corrected chi connectivity index (χ2v) is 6.00. The van der Waals surface area contributed by atoms with E-state index in [0.29, 0.717) is 12.5 Å². The minimum Gasteiger partial charge on any atom is -0.396 e. The van der Waals surface area contributed by atoms with E-state index in [9.17, 15) is 10.4 Å². The van der Waals surface area contributed by atoms with Crippen molar-refractivity contribution in [1.82, 2.24) is 9.88 Å². The van der Waals surface area contributed by atoms with E-state index in [0.717, 1.165) is 12.8 Å². The average Bonchev–Trinajstić information content (AvgIpc) is 2.91. The Hall–Kier alpha value is -1.99. The van der Waals surface area contributed by atoms with Gasteiger partial charge in [0.15, 0.2) is 6.19 Å². The number of piperidine rings is 1. The van der Waals surface area contributed by atoms with Gasteiger partial charge in [-0.15, -0.1) is 0 Å². The highest BCUT2D eigenvalue weighted by Crippen LogP contribution is 2.44. The molecular weight excluding hydrogens is 250 g/mol. The molecule has 4 heteroatoms. The molecule has 1 fully saturated rings. The Labute approximate surface area is 117 Å². The van der Waals surface area contributed by atoms with Crippen LogP contribution in [0.1, 0.15) is 23.5 Å². The maximum atomic E-state index is 9.50. The van der Waals surface area contributed by atoms with Gasteiger partial charge >= 0.3 is 0 Å². The zero-order valence-electron chi connectivity index (χ0n) is 11.2. The van der Waals surface area contributed by atoms with Crippen LogP contribution in [0.25, 0.3) is 10.9 Å². The molecule has 102 valence electrons. The molecule has 2 aliphatic rings. The van der Waals surface area contributed by atoms with Crippen molar-refractivity contribution in [2.45, 2.75) is 24.8 Å². The molecule has 0 amide bonds. The smallest absolute Gasteiger partial charge is 0.179 e. The molecule has 4 nitrogen and oxygen atoms in total. The number of nitrogens with zero attached hydrogens (tertiary/aromatic N) is 2. The molecule has 1 unspecified atom stereocenters. The quantitative estimate of drug-likeness (QED) is 0.776. The summed E-state index contributed by atoms with van der Waals surface area (Å²) in [4.78, 5) is 5.22. The van der Waals surface area contributed by atoms with Crippen molar-refractivity contribution in [3.8, 4) is 6.19 Å². The van der Waals surface area contributed by atoms with E-state index in [1.807, 2.05) is 4.90 Å². The highest BCUT2D eigenvalue weighted by atomic mass is 16.3. The van der Waals surface area contributed by atoms with Gasteiger partial charge in [0, 0.05) is 42.1 Å². The first-order chi connectivity index (χ1) is 9.81. The van der Waals surface area contributed by atoms with E-state index < -0.39 is 0 Å². The lowest BCUT2D eigenvalue weighted by Crippen LogP contribution is -2.48. The number of aromatic amines is 1. The van der Waals surface area contributed by atoms with Crippen molar-refractivity contribution in [1.29, 1.82) is 5.26 Å². The van der Waals surface area contributed by atoms with Crippen LogP contribution in [0.4, 0.5) is 0 Å². The minimum atomic E-state index is 0.164. The zero-order chi connectivity index (χ0) is 13.7. The molecule has 1 aliphatic heterocycles. The first-order valence-corrected chi connectivity index (χ1v) is 7.18.